The van der Waals surface area contributed by atoms with Crippen molar-refractivity contribution >= 4 is 15.8 Å². The van der Waals surface area contributed by atoms with Crippen LogP contribution in [-0.4, -0.2) is 44.9 Å². The molecule has 1 aromatic heterocycles. The number of pyridine rings is 1. The minimum Gasteiger partial charge on any atom is -0.433 e. The summed E-state index contributed by atoms with van der Waals surface area (Å²) < 4.78 is 54.1. The smallest absolute Gasteiger partial charge is 0.387 e. The Balaban J connectivity index is 1.89. The lowest BCUT2D eigenvalue weighted by Crippen LogP contribution is -2.45. The average Bonchev–Trinajstić information content (AvgIpc) is 2.48. The Morgan fingerprint density at radius 3 is 2.59 bits per heavy atom. The van der Waals surface area contributed by atoms with Gasteiger partial charge in [0.25, 0.3) is 0 Å². The standard InChI is InChI=1S/C13H19F2N3O3S/c1-2-22(19,20)17-10-5-7-18(8-6-10)12-4-3-11(9-16-12)21-13(14)15/h3-4,9-10,13,17H,2,5-8H2,1H3. The van der Waals surface area contributed by atoms with Crippen LogP contribution in [0.15, 0.2) is 18.3 Å². The van der Waals surface area contributed by atoms with E-state index in [0.717, 1.165) is 0 Å². The molecule has 0 aliphatic carbocycles. The lowest BCUT2D eigenvalue weighted by molar-refractivity contribution is -0.0500. The zero-order valence-corrected chi connectivity index (χ0v) is 13.0. The number of halogens is 2. The Morgan fingerprint density at radius 2 is 2.09 bits per heavy atom. The van der Waals surface area contributed by atoms with E-state index in [1.54, 1.807) is 13.0 Å². The van der Waals surface area contributed by atoms with E-state index in [9.17, 15) is 17.2 Å². The maximum Gasteiger partial charge on any atom is 0.387 e. The molecule has 9 heteroatoms. The zero-order valence-electron chi connectivity index (χ0n) is 12.2. The lowest BCUT2D eigenvalue weighted by Gasteiger charge is -2.33. The van der Waals surface area contributed by atoms with Gasteiger partial charge in [-0.1, -0.05) is 0 Å². The van der Waals surface area contributed by atoms with Crippen molar-refractivity contribution in [1.82, 2.24) is 9.71 Å². The Hall–Kier alpha value is -1.48. The minimum atomic E-state index is -3.19. The van der Waals surface area contributed by atoms with Crippen LogP contribution in [0.25, 0.3) is 0 Å². The van der Waals surface area contributed by atoms with Gasteiger partial charge in [0.1, 0.15) is 11.6 Å². The number of nitrogens with zero attached hydrogens (tertiary/aromatic N) is 2. The third kappa shape index (κ3) is 4.77. The Labute approximate surface area is 128 Å². The number of hydrogen-bond acceptors (Lipinski definition) is 5. The number of sulfonamides is 1. The molecule has 0 aromatic carbocycles. The Morgan fingerprint density at radius 1 is 1.41 bits per heavy atom. The first-order valence-corrected chi connectivity index (χ1v) is 8.70. The molecule has 0 atom stereocenters. The second-order valence-electron chi connectivity index (χ2n) is 5.01. The summed E-state index contributed by atoms with van der Waals surface area (Å²) in [5.74, 6) is 0.753. The third-order valence-corrected chi connectivity index (χ3v) is 4.94. The minimum absolute atomic E-state index is 0.0179. The van der Waals surface area contributed by atoms with E-state index in [-0.39, 0.29) is 17.5 Å². The molecule has 1 saturated heterocycles. The van der Waals surface area contributed by atoms with Gasteiger partial charge in [0.2, 0.25) is 10.0 Å². The van der Waals surface area contributed by atoms with Gasteiger partial charge in [-0.05, 0) is 31.9 Å². The quantitative estimate of drug-likeness (QED) is 0.855. The van der Waals surface area contributed by atoms with Gasteiger partial charge in [-0.15, -0.1) is 0 Å². The van der Waals surface area contributed by atoms with E-state index >= 15 is 0 Å². The van der Waals surface area contributed by atoms with Gasteiger partial charge in [-0.2, -0.15) is 8.78 Å². The molecule has 1 aromatic rings. The first-order chi connectivity index (χ1) is 10.4. The van der Waals surface area contributed by atoms with Crippen LogP contribution in [-0.2, 0) is 10.0 Å². The Kier molecular flexibility index (Phi) is 5.52. The lowest BCUT2D eigenvalue weighted by atomic mass is 10.1. The molecule has 0 bridgehead atoms. The highest BCUT2D eigenvalue weighted by Crippen LogP contribution is 2.21. The molecule has 1 N–H and O–H groups in total. The maximum absolute atomic E-state index is 12.1. The summed E-state index contributed by atoms with van der Waals surface area (Å²) in [5, 5.41) is 0. The number of anilines is 1. The number of nitrogens with one attached hydrogen (secondary N) is 1. The topological polar surface area (TPSA) is 71.5 Å². The van der Waals surface area contributed by atoms with Crippen molar-refractivity contribution in [2.45, 2.75) is 32.4 Å². The van der Waals surface area contributed by atoms with Crippen LogP contribution in [0.3, 0.4) is 0 Å². The van der Waals surface area contributed by atoms with Gasteiger partial charge < -0.3 is 9.64 Å². The van der Waals surface area contributed by atoms with E-state index in [0.29, 0.717) is 31.7 Å². The fourth-order valence-corrected chi connectivity index (χ4v) is 3.21. The van der Waals surface area contributed by atoms with Crippen molar-refractivity contribution in [1.29, 1.82) is 0 Å². The number of rotatable bonds is 6. The molecule has 0 spiro atoms. The van der Waals surface area contributed by atoms with Gasteiger partial charge >= 0.3 is 6.61 Å². The first kappa shape index (κ1) is 16.9. The molecule has 0 amide bonds. The number of piperidine rings is 1. The van der Waals surface area contributed by atoms with Crippen molar-refractivity contribution in [3.05, 3.63) is 18.3 Å². The van der Waals surface area contributed by atoms with Crippen LogP contribution in [0.2, 0.25) is 0 Å². The predicted molar refractivity (Wildman–Crippen MR) is 78.7 cm³/mol. The molecule has 124 valence electrons. The summed E-state index contributed by atoms with van der Waals surface area (Å²) >= 11 is 0. The van der Waals surface area contributed by atoms with Crippen LogP contribution in [0.1, 0.15) is 19.8 Å². The fourth-order valence-electron chi connectivity index (χ4n) is 2.30. The second-order valence-corrected chi connectivity index (χ2v) is 7.06. The van der Waals surface area contributed by atoms with E-state index < -0.39 is 16.6 Å². The molecule has 0 saturated carbocycles. The van der Waals surface area contributed by atoms with Crippen molar-refractivity contribution in [3.63, 3.8) is 0 Å². The second kappa shape index (κ2) is 7.19. The number of ether oxygens (including phenoxy) is 1. The third-order valence-electron chi connectivity index (χ3n) is 3.49. The van der Waals surface area contributed by atoms with Crippen molar-refractivity contribution < 1.29 is 21.9 Å². The first-order valence-electron chi connectivity index (χ1n) is 7.05. The van der Waals surface area contributed by atoms with Crippen molar-refractivity contribution in [2.24, 2.45) is 0 Å². The summed E-state index contributed by atoms with van der Waals surface area (Å²) in [6.45, 7) is 0.0393. The average molecular weight is 335 g/mol. The van der Waals surface area contributed by atoms with Crippen LogP contribution in [0, 0.1) is 0 Å². The molecule has 0 unspecified atom stereocenters. The summed E-state index contributed by atoms with van der Waals surface area (Å²) in [6.07, 6.45) is 2.61. The summed E-state index contributed by atoms with van der Waals surface area (Å²) in [5.41, 5.74) is 0. The fraction of sp³-hybridized carbons (Fsp3) is 0.615. The highest BCUT2D eigenvalue weighted by Gasteiger charge is 2.23. The summed E-state index contributed by atoms with van der Waals surface area (Å²) in [7, 11) is -3.19. The summed E-state index contributed by atoms with van der Waals surface area (Å²) in [4.78, 5) is 6.09. The zero-order chi connectivity index (χ0) is 16.2. The largest absolute Gasteiger partial charge is 0.433 e. The number of aromatic nitrogens is 1. The molecule has 1 aliphatic heterocycles. The molecular weight excluding hydrogens is 316 g/mol. The van der Waals surface area contributed by atoms with Crippen LogP contribution in [0.5, 0.6) is 5.75 Å². The molecule has 1 fully saturated rings. The highest BCUT2D eigenvalue weighted by atomic mass is 32.2. The van der Waals surface area contributed by atoms with Gasteiger partial charge in [-0.25, -0.2) is 18.1 Å². The summed E-state index contributed by atoms with van der Waals surface area (Å²) in [6, 6.07) is 3.00. The molecule has 2 rings (SSSR count). The Bertz CT molecular complexity index is 573. The maximum atomic E-state index is 12.1. The van der Waals surface area contributed by atoms with Crippen molar-refractivity contribution in [2.75, 3.05) is 23.7 Å². The van der Waals surface area contributed by atoms with E-state index in [4.69, 9.17) is 0 Å². The van der Waals surface area contributed by atoms with Gasteiger partial charge in [0, 0.05) is 19.1 Å². The molecule has 1 aliphatic rings. The van der Waals surface area contributed by atoms with Gasteiger partial charge in [0.15, 0.2) is 0 Å². The molecule has 2 heterocycles. The molecule has 6 nitrogen and oxygen atoms in total. The van der Waals surface area contributed by atoms with Crippen LogP contribution < -0.4 is 14.4 Å². The van der Waals surface area contributed by atoms with Gasteiger partial charge in [-0.3, -0.25) is 0 Å². The number of alkyl halides is 2. The van der Waals surface area contributed by atoms with E-state index in [2.05, 4.69) is 14.4 Å². The molecular formula is C13H19F2N3O3S. The SMILES string of the molecule is CCS(=O)(=O)NC1CCN(c2ccc(OC(F)F)cn2)CC1. The molecule has 0 radical (unpaired) electrons. The molecule has 22 heavy (non-hydrogen) atoms. The van der Waals surface area contributed by atoms with Crippen LogP contribution in [0.4, 0.5) is 14.6 Å². The number of hydrogen-bond donors (Lipinski definition) is 1. The highest BCUT2D eigenvalue weighted by molar-refractivity contribution is 7.89. The van der Waals surface area contributed by atoms with E-state index in [1.807, 2.05) is 4.90 Å². The monoisotopic (exact) mass is 335 g/mol. The van der Waals surface area contributed by atoms with Gasteiger partial charge in [0.05, 0.1) is 11.9 Å². The normalized spacial score (nSPS) is 17.0. The van der Waals surface area contributed by atoms with Crippen molar-refractivity contribution in [3.8, 4) is 5.75 Å². The van der Waals surface area contributed by atoms with Crippen LogP contribution >= 0.6 is 0 Å². The predicted octanol–water partition coefficient (Wildman–Crippen LogP) is 1.59. The van der Waals surface area contributed by atoms with E-state index in [1.165, 1.54) is 12.3 Å².